The molecule has 114 valence electrons. The van der Waals surface area contributed by atoms with Gasteiger partial charge in [-0.15, -0.1) is 5.10 Å². The molecular weight excluding hydrogens is 288 g/mol. The molecule has 0 aliphatic heterocycles. The summed E-state index contributed by atoms with van der Waals surface area (Å²) in [5.74, 6) is 0.624. The van der Waals surface area contributed by atoms with E-state index >= 15 is 0 Å². The molecule has 6 heteroatoms. The molecule has 1 aromatic carbocycles. The van der Waals surface area contributed by atoms with Crippen LogP contribution in [-0.2, 0) is 0 Å². The van der Waals surface area contributed by atoms with E-state index in [1.165, 1.54) is 0 Å². The van der Waals surface area contributed by atoms with Crippen LogP contribution in [0.1, 0.15) is 13.8 Å². The fourth-order valence-corrected chi connectivity index (χ4v) is 2.60. The van der Waals surface area contributed by atoms with Crippen LogP contribution < -0.4 is 5.32 Å². The minimum Gasteiger partial charge on any atom is -0.351 e. The number of hydrogen-bond acceptors (Lipinski definition) is 5. The van der Waals surface area contributed by atoms with Gasteiger partial charge < -0.3 is 5.32 Å². The second kappa shape index (κ2) is 5.31. The third kappa shape index (κ3) is 2.48. The van der Waals surface area contributed by atoms with Crippen molar-refractivity contribution in [1.82, 2.24) is 24.6 Å². The van der Waals surface area contributed by atoms with E-state index in [1.807, 2.05) is 41.2 Å². The van der Waals surface area contributed by atoms with Crippen molar-refractivity contribution >= 4 is 22.5 Å². The number of nitrogens with one attached hydrogen (secondary N) is 1. The maximum Gasteiger partial charge on any atom is 0.241 e. The number of aromatic nitrogens is 5. The highest BCUT2D eigenvalue weighted by Crippen LogP contribution is 2.27. The van der Waals surface area contributed by atoms with Crippen LogP contribution in [0.3, 0.4) is 0 Å². The largest absolute Gasteiger partial charge is 0.351 e. The monoisotopic (exact) mass is 304 g/mol. The highest BCUT2D eigenvalue weighted by atomic mass is 15.3. The molecule has 0 saturated carbocycles. The lowest BCUT2D eigenvalue weighted by Gasteiger charge is -2.08. The van der Waals surface area contributed by atoms with Crippen LogP contribution >= 0.6 is 0 Å². The van der Waals surface area contributed by atoms with Crippen molar-refractivity contribution in [1.29, 1.82) is 0 Å². The van der Waals surface area contributed by atoms with Gasteiger partial charge in [0.15, 0.2) is 0 Å². The molecule has 0 spiro atoms. The summed E-state index contributed by atoms with van der Waals surface area (Å²) in [6.07, 6.45) is 7.19. The summed E-state index contributed by atoms with van der Waals surface area (Å²) in [5, 5.41) is 7.70. The Hall–Kier alpha value is -3.02. The molecule has 0 aliphatic carbocycles. The molecule has 0 radical (unpaired) electrons. The SMILES string of the molecule is CC(C)Nc1ncc2c(-c3ccc4nccnc4c3)ccn2n1. The van der Waals surface area contributed by atoms with Gasteiger partial charge in [-0.25, -0.2) is 9.50 Å². The van der Waals surface area contributed by atoms with E-state index in [0.29, 0.717) is 12.0 Å². The minimum absolute atomic E-state index is 0.293. The van der Waals surface area contributed by atoms with Crippen LogP contribution in [-0.4, -0.2) is 30.6 Å². The first-order chi connectivity index (χ1) is 11.2. The number of hydrogen-bond donors (Lipinski definition) is 1. The van der Waals surface area contributed by atoms with Crippen LogP contribution in [0.2, 0.25) is 0 Å². The van der Waals surface area contributed by atoms with Gasteiger partial charge >= 0.3 is 0 Å². The van der Waals surface area contributed by atoms with Crippen molar-refractivity contribution in [3.05, 3.63) is 49.1 Å². The molecule has 0 bridgehead atoms. The molecule has 0 amide bonds. The van der Waals surface area contributed by atoms with Crippen molar-refractivity contribution < 1.29 is 0 Å². The molecule has 1 N–H and O–H groups in total. The van der Waals surface area contributed by atoms with Crippen LogP contribution in [0.4, 0.5) is 5.95 Å². The first-order valence-electron chi connectivity index (χ1n) is 7.53. The Labute approximate surface area is 133 Å². The van der Waals surface area contributed by atoms with Gasteiger partial charge in [-0.3, -0.25) is 9.97 Å². The fourth-order valence-electron chi connectivity index (χ4n) is 2.60. The Morgan fingerprint density at radius 2 is 1.83 bits per heavy atom. The van der Waals surface area contributed by atoms with Crippen molar-refractivity contribution in [2.45, 2.75) is 19.9 Å². The predicted molar refractivity (Wildman–Crippen MR) is 90.3 cm³/mol. The number of nitrogens with zero attached hydrogens (tertiary/aromatic N) is 5. The van der Waals surface area contributed by atoms with Crippen LogP contribution in [0.25, 0.3) is 27.7 Å². The van der Waals surface area contributed by atoms with Crippen LogP contribution in [0.15, 0.2) is 49.1 Å². The zero-order valence-electron chi connectivity index (χ0n) is 12.9. The molecule has 3 heterocycles. The zero-order valence-corrected chi connectivity index (χ0v) is 12.9. The lowest BCUT2D eigenvalue weighted by Crippen LogP contribution is -2.13. The van der Waals surface area contributed by atoms with Crippen molar-refractivity contribution in [3.63, 3.8) is 0 Å². The summed E-state index contributed by atoms with van der Waals surface area (Å²) in [4.78, 5) is 13.1. The van der Waals surface area contributed by atoms with Gasteiger partial charge in [-0.1, -0.05) is 6.07 Å². The molecule has 0 atom stereocenters. The van der Waals surface area contributed by atoms with Crippen LogP contribution in [0, 0.1) is 0 Å². The lowest BCUT2D eigenvalue weighted by atomic mass is 10.1. The van der Waals surface area contributed by atoms with E-state index in [9.17, 15) is 0 Å². The maximum absolute atomic E-state index is 4.49. The number of anilines is 1. The van der Waals surface area contributed by atoms with Gasteiger partial charge in [0.2, 0.25) is 5.95 Å². The molecule has 0 unspecified atom stereocenters. The Morgan fingerprint density at radius 3 is 2.65 bits per heavy atom. The summed E-state index contributed by atoms with van der Waals surface area (Å²) in [5.41, 5.74) is 4.88. The van der Waals surface area contributed by atoms with E-state index < -0.39 is 0 Å². The number of benzene rings is 1. The van der Waals surface area contributed by atoms with Gasteiger partial charge in [-0.2, -0.15) is 0 Å². The molecule has 0 saturated heterocycles. The summed E-state index contributed by atoms with van der Waals surface area (Å²) < 4.78 is 1.84. The molecule has 0 fully saturated rings. The maximum atomic E-state index is 4.49. The molecule has 23 heavy (non-hydrogen) atoms. The van der Waals surface area contributed by atoms with Crippen molar-refractivity contribution in [2.24, 2.45) is 0 Å². The van der Waals surface area contributed by atoms with Gasteiger partial charge in [-0.05, 0) is 37.6 Å². The van der Waals surface area contributed by atoms with Crippen molar-refractivity contribution in [2.75, 3.05) is 5.32 Å². The van der Waals surface area contributed by atoms with E-state index in [2.05, 4.69) is 39.2 Å². The van der Waals surface area contributed by atoms with Crippen LogP contribution in [0.5, 0.6) is 0 Å². The number of rotatable bonds is 3. The first kappa shape index (κ1) is 13.6. The van der Waals surface area contributed by atoms with Gasteiger partial charge in [0, 0.05) is 30.2 Å². The molecule has 0 aliphatic rings. The molecule has 3 aromatic heterocycles. The average molecular weight is 304 g/mol. The predicted octanol–water partition coefficient (Wildman–Crippen LogP) is 3.16. The third-order valence-corrected chi connectivity index (χ3v) is 3.61. The zero-order chi connectivity index (χ0) is 15.8. The Kier molecular flexibility index (Phi) is 3.15. The Balaban J connectivity index is 1.81. The highest BCUT2D eigenvalue weighted by molar-refractivity contribution is 5.86. The summed E-state index contributed by atoms with van der Waals surface area (Å²) in [6.45, 7) is 4.12. The second-order valence-electron chi connectivity index (χ2n) is 5.70. The fraction of sp³-hybridized carbons (Fsp3) is 0.176. The molecule has 4 rings (SSSR count). The van der Waals surface area contributed by atoms with Gasteiger partial charge in [0.1, 0.15) is 0 Å². The quantitative estimate of drug-likeness (QED) is 0.629. The molecule has 4 aromatic rings. The first-order valence-corrected chi connectivity index (χ1v) is 7.53. The standard InChI is InChI=1S/C17H16N6/c1-11(2)21-17-20-10-16-13(5-8-23(16)22-17)12-3-4-14-15(9-12)19-7-6-18-14/h3-11H,1-2H3,(H,21,22). The van der Waals surface area contributed by atoms with Gasteiger partial charge in [0.25, 0.3) is 0 Å². The average Bonchev–Trinajstić information content (AvgIpc) is 2.97. The van der Waals surface area contributed by atoms with Crippen molar-refractivity contribution in [3.8, 4) is 11.1 Å². The Morgan fingerprint density at radius 1 is 1.00 bits per heavy atom. The Bertz CT molecular complexity index is 989. The second-order valence-corrected chi connectivity index (χ2v) is 5.70. The molecule has 6 nitrogen and oxygen atoms in total. The van der Waals surface area contributed by atoms with E-state index in [1.54, 1.807) is 12.4 Å². The summed E-state index contributed by atoms with van der Waals surface area (Å²) in [7, 11) is 0. The third-order valence-electron chi connectivity index (χ3n) is 3.61. The van der Waals surface area contributed by atoms with E-state index in [0.717, 1.165) is 27.7 Å². The lowest BCUT2D eigenvalue weighted by molar-refractivity contribution is 0.834. The highest BCUT2D eigenvalue weighted by Gasteiger charge is 2.09. The number of fused-ring (bicyclic) bond motifs is 2. The molecular formula is C17H16N6. The topological polar surface area (TPSA) is 68.0 Å². The summed E-state index contributed by atoms with van der Waals surface area (Å²) >= 11 is 0. The van der Waals surface area contributed by atoms with E-state index in [-0.39, 0.29) is 0 Å². The van der Waals surface area contributed by atoms with E-state index in [4.69, 9.17) is 0 Å². The summed E-state index contributed by atoms with van der Waals surface area (Å²) in [6, 6.07) is 8.41. The van der Waals surface area contributed by atoms with Gasteiger partial charge in [0.05, 0.1) is 22.7 Å². The normalized spacial score (nSPS) is 11.4. The smallest absolute Gasteiger partial charge is 0.241 e. The minimum atomic E-state index is 0.293.